The van der Waals surface area contributed by atoms with Gasteiger partial charge in [0.15, 0.2) is 5.13 Å². The first-order valence-corrected chi connectivity index (χ1v) is 6.90. The van der Waals surface area contributed by atoms with E-state index in [9.17, 15) is 9.59 Å². The van der Waals surface area contributed by atoms with Crippen molar-refractivity contribution in [3.63, 3.8) is 0 Å². The molecule has 2 aromatic rings. The molecule has 0 radical (unpaired) electrons. The van der Waals surface area contributed by atoms with E-state index in [4.69, 9.17) is 10.8 Å². The molecule has 1 aromatic heterocycles. The van der Waals surface area contributed by atoms with Crippen LogP contribution in [0.5, 0.6) is 0 Å². The van der Waals surface area contributed by atoms with Gasteiger partial charge in [-0.15, -0.1) is 0 Å². The highest BCUT2D eigenvalue weighted by Gasteiger charge is 2.21. The third-order valence-electron chi connectivity index (χ3n) is 3.17. The number of carboxylic acid groups (broad SMARTS) is 1. The van der Waals surface area contributed by atoms with Crippen LogP contribution in [-0.2, 0) is 4.79 Å². The topological polar surface area (TPSA) is 105 Å². The van der Waals surface area contributed by atoms with Crippen LogP contribution in [0.15, 0.2) is 18.2 Å². The number of fused-ring (bicyclic) bond motifs is 1. The fraction of sp³-hybridized carbons (Fsp3) is 0.308. The first-order valence-electron chi connectivity index (χ1n) is 6.08. The Morgan fingerprint density at radius 1 is 1.40 bits per heavy atom. The summed E-state index contributed by atoms with van der Waals surface area (Å²) in [6, 6.07) is 4.62. The van der Waals surface area contributed by atoms with Crippen molar-refractivity contribution >= 4 is 38.6 Å². The van der Waals surface area contributed by atoms with E-state index in [2.05, 4.69) is 10.3 Å². The van der Waals surface area contributed by atoms with Crippen LogP contribution in [-0.4, -0.2) is 28.0 Å². The number of rotatable bonds is 4. The molecule has 1 heterocycles. The summed E-state index contributed by atoms with van der Waals surface area (Å²) >= 11 is 1.31. The zero-order valence-corrected chi connectivity index (χ0v) is 11.9. The van der Waals surface area contributed by atoms with Crippen molar-refractivity contribution in [3.05, 3.63) is 23.8 Å². The van der Waals surface area contributed by atoms with Crippen molar-refractivity contribution in [2.45, 2.75) is 19.9 Å². The minimum atomic E-state index is -0.941. The van der Waals surface area contributed by atoms with E-state index in [-0.39, 0.29) is 5.91 Å². The molecule has 0 saturated carbocycles. The Labute approximate surface area is 119 Å². The summed E-state index contributed by atoms with van der Waals surface area (Å²) in [5.41, 5.74) is 6.82. The lowest BCUT2D eigenvalue weighted by Crippen LogP contribution is -2.40. The Morgan fingerprint density at radius 2 is 2.10 bits per heavy atom. The molecule has 106 valence electrons. The SMILES string of the molecule is CC(NC(=O)c1ccc2nc(N)sc2c1)C(C)C(=O)O. The molecule has 7 heteroatoms. The molecule has 2 atom stereocenters. The van der Waals surface area contributed by atoms with Gasteiger partial charge in [0.05, 0.1) is 16.1 Å². The van der Waals surface area contributed by atoms with Gasteiger partial charge < -0.3 is 16.2 Å². The molecule has 0 saturated heterocycles. The van der Waals surface area contributed by atoms with Crippen LogP contribution >= 0.6 is 11.3 Å². The smallest absolute Gasteiger partial charge is 0.308 e. The van der Waals surface area contributed by atoms with Crippen LogP contribution in [0.4, 0.5) is 5.13 Å². The number of nitrogens with one attached hydrogen (secondary N) is 1. The lowest BCUT2D eigenvalue weighted by Gasteiger charge is -2.17. The molecule has 1 amide bonds. The normalized spacial score (nSPS) is 13.9. The second kappa shape index (κ2) is 5.46. The summed E-state index contributed by atoms with van der Waals surface area (Å²) in [5, 5.41) is 12.0. The van der Waals surface area contributed by atoms with Gasteiger partial charge in [0.1, 0.15) is 0 Å². The summed E-state index contributed by atoms with van der Waals surface area (Å²) in [4.78, 5) is 27.1. The van der Waals surface area contributed by atoms with Crippen LogP contribution in [0.1, 0.15) is 24.2 Å². The number of thiazole rings is 1. The van der Waals surface area contributed by atoms with E-state index >= 15 is 0 Å². The molecule has 1 aromatic carbocycles. The van der Waals surface area contributed by atoms with Gasteiger partial charge >= 0.3 is 5.97 Å². The Balaban J connectivity index is 2.16. The maximum absolute atomic E-state index is 12.1. The van der Waals surface area contributed by atoms with Crippen LogP contribution in [0.3, 0.4) is 0 Å². The Kier molecular flexibility index (Phi) is 3.89. The number of anilines is 1. The molecule has 0 fully saturated rings. The highest BCUT2D eigenvalue weighted by molar-refractivity contribution is 7.22. The zero-order chi connectivity index (χ0) is 14.9. The number of nitrogen functional groups attached to an aromatic ring is 1. The predicted octanol–water partition coefficient (Wildman–Crippen LogP) is 1.72. The van der Waals surface area contributed by atoms with E-state index in [0.29, 0.717) is 10.7 Å². The standard InChI is InChI=1S/C13H15N3O3S/c1-6(12(18)19)7(2)15-11(17)8-3-4-9-10(5-8)20-13(14)16-9/h3-7H,1-2H3,(H2,14,16)(H,15,17)(H,18,19). The number of carboxylic acids is 1. The van der Waals surface area contributed by atoms with Gasteiger partial charge in [-0.25, -0.2) is 4.98 Å². The second-order valence-corrected chi connectivity index (χ2v) is 5.69. The highest BCUT2D eigenvalue weighted by Crippen LogP contribution is 2.24. The fourth-order valence-electron chi connectivity index (χ4n) is 1.71. The largest absolute Gasteiger partial charge is 0.481 e. The Hall–Kier alpha value is -2.15. The molecule has 0 spiro atoms. The first-order chi connectivity index (χ1) is 9.38. The number of benzene rings is 1. The van der Waals surface area contributed by atoms with Gasteiger partial charge in [-0.05, 0) is 32.0 Å². The molecule has 0 aliphatic carbocycles. The molecule has 0 aliphatic rings. The van der Waals surface area contributed by atoms with E-state index in [0.717, 1.165) is 10.2 Å². The van der Waals surface area contributed by atoms with Crippen LogP contribution in [0, 0.1) is 5.92 Å². The fourth-order valence-corrected chi connectivity index (χ4v) is 2.49. The third-order valence-corrected chi connectivity index (χ3v) is 4.01. The van der Waals surface area contributed by atoms with Crippen molar-refractivity contribution < 1.29 is 14.7 Å². The molecular weight excluding hydrogens is 278 g/mol. The lowest BCUT2D eigenvalue weighted by molar-refractivity contribution is -0.141. The first kappa shape index (κ1) is 14.3. The Bertz CT molecular complexity index is 668. The van der Waals surface area contributed by atoms with Crippen LogP contribution in [0.2, 0.25) is 0 Å². The van der Waals surface area contributed by atoms with Crippen molar-refractivity contribution in [3.8, 4) is 0 Å². The van der Waals surface area contributed by atoms with Gasteiger partial charge in [-0.2, -0.15) is 0 Å². The lowest BCUT2D eigenvalue weighted by atomic mass is 10.0. The number of aliphatic carboxylic acids is 1. The van der Waals surface area contributed by atoms with Gasteiger partial charge in [0.2, 0.25) is 0 Å². The molecule has 0 bridgehead atoms. The van der Waals surface area contributed by atoms with Crippen LogP contribution < -0.4 is 11.1 Å². The van der Waals surface area contributed by atoms with E-state index < -0.39 is 17.9 Å². The van der Waals surface area contributed by atoms with Crippen molar-refractivity contribution in [1.29, 1.82) is 0 Å². The van der Waals surface area contributed by atoms with Gasteiger partial charge in [-0.3, -0.25) is 9.59 Å². The van der Waals surface area contributed by atoms with Crippen molar-refractivity contribution in [1.82, 2.24) is 10.3 Å². The monoisotopic (exact) mass is 293 g/mol. The molecule has 2 unspecified atom stereocenters. The minimum absolute atomic E-state index is 0.306. The highest BCUT2D eigenvalue weighted by atomic mass is 32.1. The van der Waals surface area contributed by atoms with Gasteiger partial charge in [-0.1, -0.05) is 11.3 Å². The van der Waals surface area contributed by atoms with E-state index in [1.54, 1.807) is 32.0 Å². The van der Waals surface area contributed by atoms with Crippen molar-refractivity contribution in [2.75, 3.05) is 5.73 Å². The molecule has 20 heavy (non-hydrogen) atoms. The third kappa shape index (κ3) is 2.88. The number of aromatic nitrogens is 1. The minimum Gasteiger partial charge on any atom is -0.481 e. The van der Waals surface area contributed by atoms with Crippen molar-refractivity contribution in [2.24, 2.45) is 5.92 Å². The van der Waals surface area contributed by atoms with E-state index in [1.165, 1.54) is 11.3 Å². The Morgan fingerprint density at radius 3 is 2.75 bits per heavy atom. The average molecular weight is 293 g/mol. The summed E-state index contributed by atoms with van der Waals surface area (Å²) in [5.74, 6) is -1.90. The van der Waals surface area contributed by atoms with Gasteiger partial charge in [0.25, 0.3) is 5.91 Å². The summed E-state index contributed by atoms with van der Waals surface area (Å²) < 4.78 is 0.828. The summed E-state index contributed by atoms with van der Waals surface area (Å²) in [6.45, 7) is 3.22. The van der Waals surface area contributed by atoms with Gasteiger partial charge in [0, 0.05) is 11.6 Å². The maximum Gasteiger partial charge on any atom is 0.308 e. The number of carbonyl (C=O) groups excluding carboxylic acids is 1. The second-order valence-electron chi connectivity index (χ2n) is 4.62. The average Bonchev–Trinajstić information content (AvgIpc) is 2.76. The number of nitrogens with zero attached hydrogens (tertiary/aromatic N) is 1. The maximum atomic E-state index is 12.1. The summed E-state index contributed by atoms with van der Waals surface area (Å²) in [6.07, 6.45) is 0. The zero-order valence-electron chi connectivity index (χ0n) is 11.1. The molecule has 4 N–H and O–H groups in total. The number of amides is 1. The summed E-state index contributed by atoms with van der Waals surface area (Å²) in [7, 11) is 0. The quantitative estimate of drug-likeness (QED) is 0.796. The van der Waals surface area contributed by atoms with Crippen LogP contribution in [0.25, 0.3) is 10.2 Å². The molecular formula is C13H15N3O3S. The predicted molar refractivity (Wildman–Crippen MR) is 77.8 cm³/mol. The molecule has 0 aliphatic heterocycles. The number of hydrogen-bond donors (Lipinski definition) is 3. The molecule has 6 nitrogen and oxygen atoms in total. The van der Waals surface area contributed by atoms with E-state index in [1.807, 2.05) is 0 Å². The number of carbonyl (C=O) groups is 2. The molecule has 2 rings (SSSR count). The number of nitrogens with two attached hydrogens (primary N) is 1. The number of hydrogen-bond acceptors (Lipinski definition) is 5.